The molecule has 0 bridgehead atoms. The Labute approximate surface area is 152 Å². The van der Waals surface area contributed by atoms with Gasteiger partial charge in [-0.15, -0.1) is 6.42 Å². The largest absolute Gasteiger partial charge is 0.407 e. The molecule has 0 aliphatic carbocycles. The normalized spacial score (nSPS) is 20.1. The van der Waals surface area contributed by atoms with Gasteiger partial charge in [0.15, 0.2) is 0 Å². The fourth-order valence-corrected chi connectivity index (χ4v) is 8.18. The minimum atomic E-state index is -2.43. The highest BCUT2D eigenvalue weighted by atomic mass is 28.4. The predicted octanol–water partition coefficient (Wildman–Crippen LogP) is 3.35. The van der Waals surface area contributed by atoms with Gasteiger partial charge in [0.05, 0.1) is 6.10 Å². The van der Waals surface area contributed by atoms with Crippen molar-refractivity contribution in [3.8, 4) is 12.3 Å². The second-order valence-electron chi connectivity index (χ2n) is 7.56. The van der Waals surface area contributed by atoms with Crippen LogP contribution in [0.5, 0.6) is 0 Å². The molecule has 1 fully saturated rings. The standard InChI is InChI=1S/C22H26O2Si/c1-5-20-21(24-20)16-17-23-25(22(2,3)4,18-12-8-6-9-13-18)19-14-10-7-11-15-19/h1,6-15,20-21H,16-17H2,2-4H3/t20-,21-/m0/s1. The van der Waals surface area contributed by atoms with Gasteiger partial charge in [-0.05, 0) is 21.8 Å². The molecule has 0 saturated carbocycles. The van der Waals surface area contributed by atoms with Crippen LogP contribution >= 0.6 is 0 Å². The molecular formula is C22H26O2Si. The van der Waals surface area contributed by atoms with Crippen LogP contribution < -0.4 is 10.4 Å². The Morgan fingerprint density at radius 3 is 1.92 bits per heavy atom. The second-order valence-corrected chi connectivity index (χ2v) is 11.9. The molecule has 1 aliphatic rings. The summed E-state index contributed by atoms with van der Waals surface area (Å²) in [6.45, 7) is 7.53. The zero-order chi connectivity index (χ0) is 17.9. The molecule has 2 nitrogen and oxygen atoms in total. The van der Waals surface area contributed by atoms with Gasteiger partial charge in [-0.1, -0.05) is 87.4 Å². The van der Waals surface area contributed by atoms with Crippen LogP contribution in [0.2, 0.25) is 5.04 Å². The second kappa shape index (κ2) is 7.17. The van der Waals surface area contributed by atoms with Crippen LogP contribution in [0.25, 0.3) is 0 Å². The Morgan fingerprint density at radius 2 is 1.52 bits per heavy atom. The van der Waals surface area contributed by atoms with Crippen molar-refractivity contribution in [1.29, 1.82) is 0 Å². The highest BCUT2D eigenvalue weighted by Gasteiger charge is 2.50. The molecule has 130 valence electrons. The van der Waals surface area contributed by atoms with Gasteiger partial charge in [-0.25, -0.2) is 0 Å². The first-order valence-corrected chi connectivity index (χ1v) is 10.8. The lowest BCUT2D eigenvalue weighted by atomic mass is 10.2. The Bertz CT molecular complexity index is 689. The van der Waals surface area contributed by atoms with Gasteiger partial charge in [0, 0.05) is 6.61 Å². The van der Waals surface area contributed by atoms with Crippen molar-refractivity contribution in [2.45, 2.75) is 44.4 Å². The third-order valence-corrected chi connectivity index (χ3v) is 9.93. The van der Waals surface area contributed by atoms with Crippen molar-refractivity contribution in [2.75, 3.05) is 6.61 Å². The summed E-state index contributed by atoms with van der Waals surface area (Å²) in [6, 6.07) is 21.4. The van der Waals surface area contributed by atoms with Crippen molar-refractivity contribution in [3.63, 3.8) is 0 Å². The molecule has 2 aromatic rings. The summed E-state index contributed by atoms with van der Waals surface area (Å²) < 4.78 is 12.3. The van der Waals surface area contributed by atoms with Crippen molar-refractivity contribution in [2.24, 2.45) is 0 Å². The third-order valence-electron chi connectivity index (χ3n) is 4.88. The summed E-state index contributed by atoms with van der Waals surface area (Å²) in [5.41, 5.74) is 0. The van der Waals surface area contributed by atoms with Gasteiger partial charge in [-0.3, -0.25) is 0 Å². The molecule has 3 rings (SSSR count). The molecule has 0 amide bonds. The van der Waals surface area contributed by atoms with E-state index in [1.165, 1.54) is 10.4 Å². The molecule has 0 N–H and O–H groups in total. The average molecular weight is 351 g/mol. The maximum atomic E-state index is 6.80. The summed E-state index contributed by atoms with van der Waals surface area (Å²) >= 11 is 0. The minimum Gasteiger partial charge on any atom is -0.407 e. The van der Waals surface area contributed by atoms with Gasteiger partial charge in [0.2, 0.25) is 0 Å². The topological polar surface area (TPSA) is 21.8 Å². The monoisotopic (exact) mass is 350 g/mol. The van der Waals surface area contributed by atoms with E-state index in [2.05, 4.69) is 87.4 Å². The summed E-state index contributed by atoms with van der Waals surface area (Å²) in [6.07, 6.45) is 6.40. The number of hydrogen-bond acceptors (Lipinski definition) is 2. The van der Waals surface area contributed by atoms with E-state index in [1.54, 1.807) is 0 Å². The van der Waals surface area contributed by atoms with Crippen molar-refractivity contribution < 1.29 is 9.16 Å². The maximum absolute atomic E-state index is 6.80. The number of epoxide rings is 1. The van der Waals surface area contributed by atoms with Crippen LogP contribution in [0.4, 0.5) is 0 Å². The first-order chi connectivity index (χ1) is 12.0. The summed E-state index contributed by atoms with van der Waals surface area (Å²) in [4.78, 5) is 0. The van der Waals surface area contributed by atoms with E-state index in [1.807, 2.05) is 0 Å². The van der Waals surface area contributed by atoms with Gasteiger partial charge >= 0.3 is 0 Å². The average Bonchev–Trinajstić information content (AvgIpc) is 3.38. The predicted molar refractivity (Wildman–Crippen MR) is 106 cm³/mol. The lowest BCUT2D eigenvalue weighted by molar-refractivity contribution is 0.268. The van der Waals surface area contributed by atoms with E-state index in [0.29, 0.717) is 6.61 Å². The molecule has 0 radical (unpaired) electrons. The van der Waals surface area contributed by atoms with E-state index in [0.717, 1.165) is 6.42 Å². The zero-order valence-electron chi connectivity index (χ0n) is 15.2. The fraction of sp³-hybridized carbons (Fsp3) is 0.364. The maximum Gasteiger partial charge on any atom is 0.261 e. The first kappa shape index (κ1) is 17.9. The molecule has 1 aliphatic heterocycles. The van der Waals surface area contributed by atoms with E-state index < -0.39 is 8.32 Å². The first-order valence-electron chi connectivity index (χ1n) is 8.85. The number of ether oxygens (including phenoxy) is 1. The molecule has 1 saturated heterocycles. The van der Waals surface area contributed by atoms with Gasteiger partial charge in [0.25, 0.3) is 8.32 Å². The quantitative estimate of drug-likeness (QED) is 0.453. The highest BCUT2D eigenvalue weighted by molar-refractivity contribution is 6.99. The minimum absolute atomic E-state index is 0.00559. The van der Waals surface area contributed by atoms with Crippen molar-refractivity contribution in [3.05, 3.63) is 60.7 Å². The van der Waals surface area contributed by atoms with Crippen LogP contribution in [-0.4, -0.2) is 27.1 Å². The molecule has 25 heavy (non-hydrogen) atoms. The molecule has 3 heteroatoms. The van der Waals surface area contributed by atoms with Crippen LogP contribution in [0.1, 0.15) is 27.2 Å². The van der Waals surface area contributed by atoms with Crippen molar-refractivity contribution >= 4 is 18.7 Å². The Morgan fingerprint density at radius 1 is 1.00 bits per heavy atom. The number of terminal acetylenes is 1. The Hall–Kier alpha value is -1.86. The molecule has 2 atom stereocenters. The van der Waals surface area contributed by atoms with Crippen LogP contribution in [0.15, 0.2) is 60.7 Å². The van der Waals surface area contributed by atoms with E-state index >= 15 is 0 Å². The molecule has 0 spiro atoms. The van der Waals surface area contributed by atoms with Gasteiger partial charge in [0.1, 0.15) is 6.10 Å². The lowest BCUT2D eigenvalue weighted by Crippen LogP contribution is -2.66. The number of rotatable bonds is 6. The Kier molecular flexibility index (Phi) is 5.15. The lowest BCUT2D eigenvalue weighted by Gasteiger charge is -2.43. The smallest absolute Gasteiger partial charge is 0.261 e. The SMILES string of the molecule is C#C[C@@H]1O[C@H]1CCO[Si](c1ccccc1)(c1ccccc1)C(C)(C)C. The van der Waals surface area contributed by atoms with E-state index in [-0.39, 0.29) is 17.2 Å². The van der Waals surface area contributed by atoms with E-state index in [9.17, 15) is 0 Å². The van der Waals surface area contributed by atoms with Crippen molar-refractivity contribution in [1.82, 2.24) is 0 Å². The number of benzene rings is 2. The van der Waals surface area contributed by atoms with Crippen LogP contribution in [0, 0.1) is 12.3 Å². The number of hydrogen-bond donors (Lipinski definition) is 0. The summed E-state index contributed by atoms with van der Waals surface area (Å²) in [5.74, 6) is 2.66. The summed E-state index contributed by atoms with van der Waals surface area (Å²) in [5, 5.41) is 2.61. The van der Waals surface area contributed by atoms with Crippen LogP contribution in [0.3, 0.4) is 0 Å². The summed E-state index contributed by atoms with van der Waals surface area (Å²) in [7, 11) is -2.43. The molecule has 0 aromatic heterocycles. The van der Waals surface area contributed by atoms with Gasteiger partial charge in [-0.2, -0.15) is 0 Å². The van der Waals surface area contributed by atoms with E-state index in [4.69, 9.17) is 15.6 Å². The molecule has 0 unspecified atom stereocenters. The van der Waals surface area contributed by atoms with Crippen LogP contribution in [-0.2, 0) is 9.16 Å². The van der Waals surface area contributed by atoms with Gasteiger partial charge < -0.3 is 9.16 Å². The molecule has 1 heterocycles. The third kappa shape index (κ3) is 3.57. The molecular weight excluding hydrogens is 324 g/mol. The highest BCUT2D eigenvalue weighted by Crippen LogP contribution is 2.37. The zero-order valence-corrected chi connectivity index (χ0v) is 16.2. The Balaban J connectivity index is 1.96. The fourth-order valence-electron chi connectivity index (χ4n) is 3.60. The molecule has 2 aromatic carbocycles.